The molecule has 2 N–H and O–H groups in total. The highest BCUT2D eigenvalue weighted by atomic mass is 16.5. The molecule has 5 atom stereocenters. The van der Waals surface area contributed by atoms with Gasteiger partial charge in [0, 0.05) is 12.6 Å². The predicted molar refractivity (Wildman–Crippen MR) is 78.5 cm³/mol. The van der Waals surface area contributed by atoms with Gasteiger partial charge in [-0.05, 0) is 51.4 Å². The summed E-state index contributed by atoms with van der Waals surface area (Å²) in [7, 11) is 0. The van der Waals surface area contributed by atoms with Crippen LogP contribution in [-0.2, 0) is 9.53 Å². The molecule has 0 aromatic heterocycles. The van der Waals surface area contributed by atoms with Crippen LogP contribution in [0.25, 0.3) is 0 Å². The second-order valence-electron chi connectivity index (χ2n) is 6.80. The third-order valence-electron chi connectivity index (χ3n) is 5.36. The summed E-state index contributed by atoms with van der Waals surface area (Å²) in [6.07, 6.45) is 9.89. The summed E-state index contributed by atoms with van der Waals surface area (Å²) in [6.45, 7) is 2.91. The van der Waals surface area contributed by atoms with Crippen LogP contribution >= 0.6 is 0 Å². The molecule has 5 unspecified atom stereocenters. The van der Waals surface area contributed by atoms with E-state index in [4.69, 9.17) is 4.74 Å². The van der Waals surface area contributed by atoms with Crippen LogP contribution in [0.15, 0.2) is 0 Å². The first kappa shape index (κ1) is 14.3. The Kier molecular flexibility index (Phi) is 4.61. The molecular weight excluding hydrogens is 252 g/mol. The molecule has 0 aromatic carbocycles. The number of carbonyl (C=O) groups excluding carboxylic acids is 1. The van der Waals surface area contributed by atoms with Crippen molar-refractivity contribution >= 4 is 5.91 Å². The van der Waals surface area contributed by atoms with Crippen molar-refractivity contribution in [1.29, 1.82) is 0 Å². The highest BCUT2D eigenvalue weighted by Crippen LogP contribution is 2.32. The first-order valence-corrected chi connectivity index (χ1v) is 8.42. The normalized spacial score (nSPS) is 39.0. The van der Waals surface area contributed by atoms with Crippen LogP contribution in [0, 0.1) is 5.92 Å². The Balaban J connectivity index is 1.49. The Morgan fingerprint density at radius 1 is 1.15 bits per heavy atom. The van der Waals surface area contributed by atoms with E-state index in [0.29, 0.717) is 6.04 Å². The first-order chi connectivity index (χ1) is 9.74. The molecule has 20 heavy (non-hydrogen) atoms. The lowest BCUT2D eigenvalue weighted by atomic mass is 9.77. The van der Waals surface area contributed by atoms with Crippen molar-refractivity contribution in [3.63, 3.8) is 0 Å². The van der Waals surface area contributed by atoms with Gasteiger partial charge in [-0.1, -0.05) is 12.8 Å². The number of carbonyl (C=O) groups is 1. The molecule has 3 aliphatic rings. The van der Waals surface area contributed by atoms with Crippen molar-refractivity contribution in [3.8, 4) is 0 Å². The molecule has 2 saturated heterocycles. The van der Waals surface area contributed by atoms with E-state index in [2.05, 4.69) is 17.6 Å². The average molecular weight is 280 g/mol. The second-order valence-corrected chi connectivity index (χ2v) is 6.80. The van der Waals surface area contributed by atoms with Crippen molar-refractivity contribution < 1.29 is 9.53 Å². The van der Waals surface area contributed by atoms with Gasteiger partial charge in [-0.3, -0.25) is 4.79 Å². The summed E-state index contributed by atoms with van der Waals surface area (Å²) in [5.41, 5.74) is 0. The SMILES string of the molecule is CC(NC(=O)C1CCC2CCCCC2N1)C1CCCO1. The lowest BCUT2D eigenvalue weighted by molar-refractivity contribution is -0.126. The summed E-state index contributed by atoms with van der Waals surface area (Å²) < 4.78 is 5.65. The predicted octanol–water partition coefficient (Wildman–Crippen LogP) is 1.98. The van der Waals surface area contributed by atoms with E-state index in [1.807, 2.05) is 0 Å². The fraction of sp³-hybridized carbons (Fsp3) is 0.938. The van der Waals surface area contributed by atoms with Crippen LogP contribution in [0.3, 0.4) is 0 Å². The Morgan fingerprint density at radius 2 is 2.00 bits per heavy atom. The molecule has 114 valence electrons. The maximum Gasteiger partial charge on any atom is 0.237 e. The largest absolute Gasteiger partial charge is 0.376 e. The third-order valence-corrected chi connectivity index (χ3v) is 5.36. The van der Waals surface area contributed by atoms with Crippen molar-refractivity contribution in [1.82, 2.24) is 10.6 Å². The van der Waals surface area contributed by atoms with Crippen LogP contribution in [-0.4, -0.2) is 36.7 Å². The zero-order valence-corrected chi connectivity index (χ0v) is 12.6. The van der Waals surface area contributed by atoms with Gasteiger partial charge in [0.2, 0.25) is 5.91 Å². The standard InChI is InChI=1S/C16H28N2O2/c1-11(15-7-4-10-20-15)17-16(19)14-9-8-12-5-2-3-6-13(12)18-14/h11-15,18H,2-10H2,1H3,(H,17,19). The molecule has 1 amide bonds. The molecule has 0 bridgehead atoms. The third kappa shape index (κ3) is 3.17. The highest BCUT2D eigenvalue weighted by molar-refractivity contribution is 5.82. The van der Waals surface area contributed by atoms with Crippen molar-refractivity contribution in [2.45, 2.75) is 82.5 Å². The van der Waals surface area contributed by atoms with E-state index in [9.17, 15) is 4.79 Å². The van der Waals surface area contributed by atoms with E-state index >= 15 is 0 Å². The van der Waals surface area contributed by atoms with Gasteiger partial charge in [0.15, 0.2) is 0 Å². The number of nitrogens with one attached hydrogen (secondary N) is 2. The van der Waals surface area contributed by atoms with Gasteiger partial charge in [0.1, 0.15) is 0 Å². The number of fused-ring (bicyclic) bond motifs is 1. The zero-order chi connectivity index (χ0) is 13.9. The fourth-order valence-electron chi connectivity index (χ4n) is 4.12. The van der Waals surface area contributed by atoms with Gasteiger partial charge >= 0.3 is 0 Å². The summed E-state index contributed by atoms with van der Waals surface area (Å²) >= 11 is 0. The Labute approximate surface area is 122 Å². The van der Waals surface area contributed by atoms with Crippen LogP contribution in [0.1, 0.15) is 58.3 Å². The van der Waals surface area contributed by atoms with E-state index in [0.717, 1.165) is 31.8 Å². The fourth-order valence-corrected chi connectivity index (χ4v) is 4.12. The molecule has 1 aliphatic carbocycles. The van der Waals surface area contributed by atoms with E-state index in [1.54, 1.807) is 0 Å². The topological polar surface area (TPSA) is 50.4 Å². The van der Waals surface area contributed by atoms with Crippen LogP contribution in [0.5, 0.6) is 0 Å². The van der Waals surface area contributed by atoms with Crippen LogP contribution in [0.2, 0.25) is 0 Å². The highest BCUT2D eigenvalue weighted by Gasteiger charge is 2.35. The number of piperidine rings is 1. The van der Waals surface area contributed by atoms with Gasteiger partial charge in [-0.15, -0.1) is 0 Å². The smallest absolute Gasteiger partial charge is 0.237 e. The lowest BCUT2D eigenvalue weighted by Gasteiger charge is -2.40. The number of rotatable bonds is 3. The van der Waals surface area contributed by atoms with Crippen molar-refractivity contribution in [2.75, 3.05) is 6.61 Å². The van der Waals surface area contributed by atoms with E-state index < -0.39 is 0 Å². The summed E-state index contributed by atoms with van der Waals surface area (Å²) in [5.74, 6) is 0.986. The van der Waals surface area contributed by atoms with E-state index in [1.165, 1.54) is 32.1 Å². The minimum absolute atomic E-state index is 0.0122. The van der Waals surface area contributed by atoms with E-state index in [-0.39, 0.29) is 24.1 Å². The minimum Gasteiger partial charge on any atom is -0.376 e. The molecular formula is C16H28N2O2. The molecule has 1 saturated carbocycles. The quantitative estimate of drug-likeness (QED) is 0.831. The van der Waals surface area contributed by atoms with Gasteiger partial charge in [-0.2, -0.15) is 0 Å². The number of ether oxygens (including phenoxy) is 1. The van der Waals surface area contributed by atoms with Gasteiger partial charge in [0.05, 0.1) is 18.2 Å². The molecule has 4 nitrogen and oxygen atoms in total. The first-order valence-electron chi connectivity index (χ1n) is 8.42. The Morgan fingerprint density at radius 3 is 2.80 bits per heavy atom. The molecule has 3 fully saturated rings. The zero-order valence-electron chi connectivity index (χ0n) is 12.6. The number of hydrogen-bond acceptors (Lipinski definition) is 3. The molecule has 0 spiro atoms. The Bertz CT molecular complexity index is 341. The molecule has 2 heterocycles. The maximum atomic E-state index is 12.4. The minimum atomic E-state index is 0.0122. The molecule has 0 aromatic rings. The number of amides is 1. The molecule has 3 rings (SSSR count). The maximum absolute atomic E-state index is 12.4. The van der Waals surface area contributed by atoms with Crippen molar-refractivity contribution in [3.05, 3.63) is 0 Å². The van der Waals surface area contributed by atoms with Crippen LogP contribution < -0.4 is 10.6 Å². The molecule has 2 aliphatic heterocycles. The lowest BCUT2D eigenvalue weighted by Crippen LogP contribution is -2.57. The van der Waals surface area contributed by atoms with Gasteiger partial charge in [0.25, 0.3) is 0 Å². The summed E-state index contributed by atoms with van der Waals surface area (Å²) in [5, 5.41) is 6.76. The average Bonchev–Trinajstić information content (AvgIpc) is 3.01. The summed E-state index contributed by atoms with van der Waals surface area (Å²) in [6, 6.07) is 0.723. The Hall–Kier alpha value is -0.610. The van der Waals surface area contributed by atoms with Gasteiger partial charge in [-0.25, -0.2) is 0 Å². The van der Waals surface area contributed by atoms with Crippen LogP contribution in [0.4, 0.5) is 0 Å². The second kappa shape index (κ2) is 6.44. The monoisotopic (exact) mass is 280 g/mol. The van der Waals surface area contributed by atoms with Gasteiger partial charge < -0.3 is 15.4 Å². The van der Waals surface area contributed by atoms with Crippen molar-refractivity contribution in [2.24, 2.45) is 5.92 Å². The number of hydrogen-bond donors (Lipinski definition) is 2. The molecule has 0 radical (unpaired) electrons. The molecule has 4 heteroatoms. The summed E-state index contributed by atoms with van der Waals surface area (Å²) in [4.78, 5) is 12.4.